The number of nitrogens with zero attached hydrogens (tertiary/aromatic N) is 2. The summed E-state index contributed by atoms with van der Waals surface area (Å²) in [4.78, 5) is 38.5. The van der Waals surface area contributed by atoms with Crippen molar-refractivity contribution in [2.45, 2.75) is 12.8 Å². The summed E-state index contributed by atoms with van der Waals surface area (Å²) < 4.78 is 24.7. The Balaban J connectivity index is 1.69. The van der Waals surface area contributed by atoms with Crippen LogP contribution >= 0.6 is 0 Å². The van der Waals surface area contributed by atoms with Gasteiger partial charge in [-0.05, 0) is 29.7 Å². The molecule has 2 aromatic carbocycles. The van der Waals surface area contributed by atoms with Gasteiger partial charge in [0.15, 0.2) is 0 Å². The summed E-state index contributed by atoms with van der Waals surface area (Å²) in [5.41, 5.74) is 2.49. The average molecular weight is 474 g/mol. The number of sulfonamides is 1. The van der Waals surface area contributed by atoms with Gasteiger partial charge in [0.1, 0.15) is 5.92 Å². The van der Waals surface area contributed by atoms with E-state index in [0.717, 1.165) is 17.4 Å². The average Bonchev–Trinajstić information content (AvgIpc) is 2.79. The summed E-state index contributed by atoms with van der Waals surface area (Å²) in [6.07, 6.45) is 0.630. The first-order valence-electron chi connectivity index (χ1n) is 10.6. The summed E-state index contributed by atoms with van der Waals surface area (Å²) in [7, 11) is -3.36. The third kappa shape index (κ3) is 6.62. The molecule has 3 rings (SSSR count). The zero-order valence-corrected chi connectivity index (χ0v) is 19.1. The Labute approximate surface area is 193 Å². The minimum absolute atomic E-state index is 0.138. The van der Waals surface area contributed by atoms with Crippen molar-refractivity contribution in [2.75, 3.05) is 37.8 Å². The molecule has 2 aromatic rings. The molecule has 1 fully saturated rings. The predicted octanol–water partition coefficient (Wildman–Crippen LogP) is 1.88. The highest BCUT2D eigenvalue weighted by atomic mass is 32.2. The fraction of sp³-hybridized carbons (Fsp3) is 0.348. The molecule has 1 saturated heterocycles. The van der Waals surface area contributed by atoms with Gasteiger partial charge in [-0.2, -0.15) is 4.31 Å². The van der Waals surface area contributed by atoms with Gasteiger partial charge in [-0.25, -0.2) is 8.42 Å². The molecule has 0 aromatic heterocycles. The first-order valence-corrected chi connectivity index (χ1v) is 12.4. The van der Waals surface area contributed by atoms with E-state index in [0.29, 0.717) is 5.69 Å². The number of carboxylic acids is 1. The second-order valence-corrected chi connectivity index (χ2v) is 9.89. The van der Waals surface area contributed by atoms with E-state index < -0.39 is 33.7 Å². The molecule has 176 valence electrons. The molecule has 0 radical (unpaired) electrons. The van der Waals surface area contributed by atoms with Crippen molar-refractivity contribution in [3.63, 3.8) is 0 Å². The van der Waals surface area contributed by atoms with E-state index >= 15 is 0 Å². The van der Waals surface area contributed by atoms with Gasteiger partial charge >= 0.3 is 5.97 Å². The molecule has 0 bridgehead atoms. The SMILES string of the molecule is CS(=O)(=O)N1CCN(C(=O)[C@@H](CCC(=O)O)C(=O)Nc2ccc(-c3ccccc3)cc2)CC1. The van der Waals surface area contributed by atoms with Crippen LogP contribution in [0.1, 0.15) is 12.8 Å². The highest BCUT2D eigenvalue weighted by molar-refractivity contribution is 7.88. The number of carbonyl (C=O) groups is 3. The zero-order valence-electron chi connectivity index (χ0n) is 18.3. The van der Waals surface area contributed by atoms with Crippen LogP contribution in [0.3, 0.4) is 0 Å². The van der Waals surface area contributed by atoms with Crippen molar-refractivity contribution in [1.29, 1.82) is 0 Å². The number of aliphatic carboxylic acids is 1. The minimum Gasteiger partial charge on any atom is -0.481 e. The van der Waals surface area contributed by atoms with Crippen LogP contribution in [0.25, 0.3) is 11.1 Å². The van der Waals surface area contributed by atoms with Crippen molar-refractivity contribution in [2.24, 2.45) is 5.92 Å². The van der Waals surface area contributed by atoms with Crippen LogP contribution in [0.4, 0.5) is 5.69 Å². The van der Waals surface area contributed by atoms with E-state index in [-0.39, 0.29) is 39.0 Å². The number of carbonyl (C=O) groups excluding carboxylic acids is 2. The zero-order chi connectivity index (χ0) is 24.0. The van der Waals surface area contributed by atoms with Crippen LogP contribution < -0.4 is 5.32 Å². The number of hydrogen-bond donors (Lipinski definition) is 2. The predicted molar refractivity (Wildman–Crippen MR) is 124 cm³/mol. The Morgan fingerprint density at radius 3 is 2.06 bits per heavy atom. The topological polar surface area (TPSA) is 124 Å². The quantitative estimate of drug-likeness (QED) is 0.564. The Morgan fingerprint density at radius 2 is 1.52 bits per heavy atom. The first kappa shape index (κ1) is 24.4. The van der Waals surface area contributed by atoms with E-state index in [9.17, 15) is 22.8 Å². The van der Waals surface area contributed by atoms with Crippen LogP contribution in [-0.2, 0) is 24.4 Å². The Bertz CT molecular complexity index is 1090. The van der Waals surface area contributed by atoms with E-state index in [4.69, 9.17) is 5.11 Å². The Morgan fingerprint density at radius 1 is 0.939 bits per heavy atom. The van der Waals surface area contributed by atoms with E-state index in [1.165, 1.54) is 9.21 Å². The highest BCUT2D eigenvalue weighted by Gasteiger charge is 2.34. The van der Waals surface area contributed by atoms with Crippen molar-refractivity contribution in [3.8, 4) is 11.1 Å². The Hall–Kier alpha value is -3.24. The standard InChI is InChI=1S/C23H27N3O6S/c1-33(31,32)26-15-13-25(14-16-26)23(30)20(11-12-21(27)28)22(29)24-19-9-7-18(8-10-19)17-5-3-2-4-6-17/h2-10,20H,11-16H2,1H3,(H,24,29)(H,27,28)/t20-/m0/s1. The molecule has 0 spiro atoms. The lowest BCUT2D eigenvalue weighted by molar-refractivity contribution is -0.142. The maximum Gasteiger partial charge on any atom is 0.303 e. The lowest BCUT2D eigenvalue weighted by Crippen LogP contribution is -2.53. The number of benzene rings is 2. The molecule has 0 unspecified atom stereocenters. The lowest BCUT2D eigenvalue weighted by atomic mass is 9.99. The molecular formula is C23H27N3O6S. The second kappa shape index (κ2) is 10.6. The van der Waals surface area contributed by atoms with Gasteiger partial charge < -0.3 is 15.3 Å². The van der Waals surface area contributed by atoms with E-state index in [1.54, 1.807) is 12.1 Å². The largest absolute Gasteiger partial charge is 0.481 e. The highest BCUT2D eigenvalue weighted by Crippen LogP contribution is 2.22. The molecule has 33 heavy (non-hydrogen) atoms. The fourth-order valence-corrected chi connectivity index (χ4v) is 4.53. The van der Waals surface area contributed by atoms with Crippen LogP contribution in [0, 0.1) is 5.92 Å². The number of nitrogens with one attached hydrogen (secondary N) is 1. The summed E-state index contributed by atoms with van der Waals surface area (Å²) in [5.74, 6) is -3.36. The van der Waals surface area contributed by atoms with Crippen LogP contribution in [0.2, 0.25) is 0 Å². The number of hydrogen-bond acceptors (Lipinski definition) is 5. The molecule has 1 aliphatic heterocycles. The number of anilines is 1. The first-order chi connectivity index (χ1) is 15.6. The molecule has 2 amide bonds. The molecule has 9 nitrogen and oxygen atoms in total. The monoisotopic (exact) mass is 473 g/mol. The summed E-state index contributed by atoms with van der Waals surface area (Å²) in [5, 5.41) is 11.8. The molecular weight excluding hydrogens is 446 g/mol. The van der Waals surface area contributed by atoms with E-state index in [1.807, 2.05) is 42.5 Å². The second-order valence-electron chi connectivity index (χ2n) is 7.90. The number of piperazine rings is 1. The normalized spacial score (nSPS) is 15.6. The van der Waals surface area contributed by atoms with Gasteiger partial charge in [-0.15, -0.1) is 0 Å². The summed E-state index contributed by atoms with van der Waals surface area (Å²) in [6.45, 7) is 0.570. The van der Waals surface area contributed by atoms with Crippen molar-refractivity contribution in [1.82, 2.24) is 9.21 Å². The molecule has 1 atom stereocenters. The van der Waals surface area contributed by atoms with Crippen LogP contribution in [0.5, 0.6) is 0 Å². The van der Waals surface area contributed by atoms with Gasteiger partial charge in [0, 0.05) is 38.3 Å². The molecule has 10 heteroatoms. The number of carboxylic acid groups (broad SMARTS) is 1. The number of rotatable bonds is 8. The molecule has 2 N–H and O–H groups in total. The van der Waals surface area contributed by atoms with Gasteiger partial charge in [0.05, 0.1) is 6.26 Å². The van der Waals surface area contributed by atoms with Crippen molar-refractivity contribution < 1.29 is 27.9 Å². The molecule has 1 heterocycles. The van der Waals surface area contributed by atoms with Crippen LogP contribution in [-0.4, -0.2) is 72.9 Å². The third-order valence-corrected chi connectivity index (χ3v) is 6.84. The van der Waals surface area contributed by atoms with Crippen molar-refractivity contribution in [3.05, 3.63) is 54.6 Å². The molecule has 0 saturated carbocycles. The fourth-order valence-electron chi connectivity index (χ4n) is 3.70. The van der Waals surface area contributed by atoms with Crippen molar-refractivity contribution >= 4 is 33.5 Å². The third-order valence-electron chi connectivity index (χ3n) is 5.54. The van der Waals surface area contributed by atoms with Crippen LogP contribution in [0.15, 0.2) is 54.6 Å². The van der Waals surface area contributed by atoms with Gasteiger partial charge in [0.2, 0.25) is 21.8 Å². The van der Waals surface area contributed by atoms with Gasteiger partial charge in [-0.3, -0.25) is 14.4 Å². The summed E-state index contributed by atoms with van der Waals surface area (Å²) in [6, 6.07) is 16.9. The van der Waals surface area contributed by atoms with Gasteiger partial charge in [-0.1, -0.05) is 42.5 Å². The minimum atomic E-state index is -3.36. The summed E-state index contributed by atoms with van der Waals surface area (Å²) >= 11 is 0. The maximum atomic E-state index is 13.0. The smallest absolute Gasteiger partial charge is 0.303 e. The molecule has 1 aliphatic rings. The maximum absolute atomic E-state index is 13.0. The number of amides is 2. The van der Waals surface area contributed by atoms with E-state index in [2.05, 4.69) is 5.32 Å². The lowest BCUT2D eigenvalue weighted by Gasteiger charge is -2.35. The molecule has 0 aliphatic carbocycles. The Kier molecular flexibility index (Phi) is 7.83. The van der Waals surface area contributed by atoms with Gasteiger partial charge in [0.25, 0.3) is 0 Å².